The van der Waals surface area contributed by atoms with Crippen LogP contribution in [-0.2, 0) is 9.53 Å². The van der Waals surface area contributed by atoms with Crippen molar-refractivity contribution in [2.75, 3.05) is 6.61 Å². The van der Waals surface area contributed by atoms with Gasteiger partial charge in [-0.1, -0.05) is 30.3 Å². The van der Waals surface area contributed by atoms with Crippen LogP contribution in [0, 0.1) is 0 Å². The number of benzene rings is 2. The SMILES string of the molecule is CCOC(=O)C(NC(=O)c1ccc2ocnc2c1)c1ccccc1. The van der Waals surface area contributed by atoms with E-state index < -0.39 is 12.0 Å². The molecule has 0 spiro atoms. The van der Waals surface area contributed by atoms with Gasteiger partial charge in [0.25, 0.3) is 5.91 Å². The molecule has 6 heteroatoms. The molecule has 3 rings (SSSR count). The third-order valence-corrected chi connectivity index (χ3v) is 3.52. The van der Waals surface area contributed by atoms with Gasteiger partial charge in [-0.25, -0.2) is 9.78 Å². The molecule has 1 aromatic heterocycles. The molecule has 1 N–H and O–H groups in total. The van der Waals surface area contributed by atoms with E-state index in [9.17, 15) is 9.59 Å². The molecule has 3 aromatic rings. The predicted molar refractivity (Wildman–Crippen MR) is 87.3 cm³/mol. The van der Waals surface area contributed by atoms with Crippen LogP contribution in [-0.4, -0.2) is 23.5 Å². The predicted octanol–water partition coefficient (Wildman–Crippen LogP) is 2.86. The highest BCUT2D eigenvalue weighted by Crippen LogP contribution is 2.18. The van der Waals surface area contributed by atoms with Crippen LogP contribution in [0.2, 0.25) is 0 Å². The summed E-state index contributed by atoms with van der Waals surface area (Å²) in [7, 11) is 0. The number of hydrogen-bond donors (Lipinski definition) is 1. The van der Waals surface area contributed by atoms with E-state index in [4.69, 9.17) is 9.15 Å². The van der Waals surface area contributed by atoms with Crippen molar-refractivity contribution in [3.63, 3.8) is 0 Å². The van der Waals surface area contributed by atoms with Crippen molar-refractivity contribution in [1.82, 2.24) is 10.3 Å². The van der Waals surface area contributed by atoms with E-state index in [1.807, 2.05) is 6.07 Å². The first-order chi connectivity index (χ1) is 11.7. The van der Waals surface area contributed by atoms with Crippen LogP contribution in [0.1, 0.15) is 28.9 Å². The van der Waals surface area contributed by atoms with Crippen LogP contribution in [0.4, 0.5) is 0 Å². The molecule has 0 aliphatic rings. The first kappa shape index (κ1) is 15.7. The third kappa shape index (κ3) is 3.27. The van der Waals surface area contributed by atoms with Gasteiger partial charge >= 0.3 is 5.97 Å². The molecule has 122 valence electrons. The maximum Gasteiger partial charge on any atom is 0.333 e. The molecule has 0 saturated carbocycles. The number of amides is 1. The van der Waals surface area contributed by atoms with Crippen LogP contribution in [0.3, 0.4) is 0 Å². The van der Waals surface area contributed by atoms with Crippen molar-refractivity contribution < 1.29 is 18.7 Å². The second-order valence-electron chi connectivity index (χ2n) is 5.10. The minimum Gasteiger partial charge on any atom is -0.464 e. The van der Waals surface area contributed by atoms with Gasteiger partial charge in [-0.3, -0.25) is 4.79 Å². The molecule has 0 aliphatic carbocycles. The van der Waals surface area contributed by atoms with Gasteiger partial charge in [-0.05, 0) is 30.7 Å². The minimum atomic E-state index is -0.869. The number of esters is 1. The van der Waals surface area contributed by atoms with Crippen molar-refractivity contribution in [2.45, 2.75) is 13.0 Å². The van der Waals surface area contributed by atoms with E-state index in [0.29, 0.717) is 22.2 Å². The van der Waals surface area contributed by atoms with Gasteiger partial charge in [0.2, 0.25) is 0 Å². The number of nitrogens with zero attached hydrogens (tertiary/aromatic N) is 1. The molecular formula is C18H16N2O4. The number of oxazole rings is 1. The Morgan fingerprint density at radius 2 is 2.00 bits per heavy atom. The fourth-order valence-corrected chi connectivity index (χ4v) is 2.36. The van der Waals surface area contributed by atoms with Crippen molar-refractivity contribution >= 4 is 23.0 Å². The Bertz CT molecular complexity index is 858. The van der Waals surface area contributed by atoms with Crippen LogP contribution in [0.5, 0.6) is 0 Å². The van der Waals surface area contributed by atoms with E-state index in [1.54, 1.807) is 49.4 Å². The molecule has 0 radical (unpaired) electrons. The summed E-state index contributed by atoms with van der Waals surface area (Å²) >= 11 is 0. The minimum absolute atomic E-state index is 0.239. The largest absolute Gasteiger partial charge is 0.464 e. The lowest BCUT2D eigenvalue weighted by Gasteiger charge is -2.17. The number of aromatic nitrogens is 1. The average Bonchev–Trinajstić information content (AvgIpc) is 3.08. The van der Waals surface area contributed by atoms with E-state index in [1.165, 1.54) is 6.39 Å². The zero-order valence-corrected chi connectivity index (χ0v) is 13.1. The van der Waals surface area contributed by atoms with Gasteiger partial charge in [0.05, 0.1) is 6.61 Å². The summed E-state index contributed by atoms with van der Waals surface area (Å²) in [6.07, 6.45) is 1.32. The van der Waals surface area contributed by atoms with Crippen LogP contribution < -0.4 is 5.32 Å². The topological polar surface area (TPSA) is 81.4 Å². The van der Waals surface area contributed by atoms with Gasteiger partial charge in [-0.15, -0.1) is 0 Å². The monoisotopic (exact) mass is 324 g/mol. The first-order valence-electron chi connectivity index (χ1n) is 7.54. The number of carbonyl (C=O) groups excluding carboxylic acids is 2. The van der Waals surface area contributed by atoms with E-state index in [-0.39, 0.29) is 12.5 Å². The van der Waals surface area contributed by atoms with Gasteiger partial charge < -0.3 is 14.5 Å². The Hall–Kier alpha value is -3.15. The van der Waals surface area contributed by atoms with Crippen molar-refractivity contribution in [3.8, 4) is 0 Å². The lowest BCUT2D eigenvalue weighted by Crippen LogP contribution is -2.35. The quantitative estimate of drug-likeness (QED) is 0.730. The van der Waals surface area contributed by atoms with Crippen molar-refractivity contribution in [3.05, 3.63) is 66.1 Å². The highest BCUT2D eigenvalue weighted by Gasteiger charge is 2.24. The highest BCUT2D eigenvalue weighted by atomic mass is 16.5. The third-order valence-electron chi connectivity index (χ3n) is 3.52. The number of carbonyl (C=O) groups is 2. The van der Waals surface area contributed by atoms with Crippen molar-refractivity contribution in [1.29, 1.82) is 0 Å². The molecule has 1 unspecified atom stereocenters. The number of fused-ring (bicyclic) bond motifs is 1. The maximum absolute atomic E-state index is 12.5. The molecule has 1 amide bonds. The Kier molecular flexibility index (Phi) is 4.56. The Morgan fingerprint density at radius 1 is 1.21 bits per heavy atom. The lowest BCUT2D eigenvalue weighted by molar-refractivity contribution is -0.145. The summed E-state index contributed by atoms with van der Waals surface area (Å²) in [5, 5.41) is 2.72. The first-order valence-corrected chi connectivity index (χ1v) is 7.54. The van der Waals surface area contributed by atoms with E-state index >= 15 is 0 Å². The van der Waals surface area contributed by atoms with E-state index in [0.717, 1.165) is 0 Å². The van der Waals surface area contributed by atoms with Gasteiger partial charge in [0.15, 0.2) is 18.0 Å². The van der Waals surface area contributed by atoms with Crippen LogP contribution in [0.15, 0.2) is 59.3 Å². The Balaban J connectivity index is 1.85. The molecule has 0 bridgehead atoms. The van der Waals surface area contributed by atoms with Crippen LogP contribution >= 0.6 is 0 Å². The van der Waals surface area contributed by atoms with Gasteiger partial charge in [0, 0.05) is 5.56 Å². The fraction of sp³-hybridized carbons (Fsp3) is 0.167. The summed E-state index contributed by atoms with van der Waals surface area (Å²) < 4.78 is 10.2. The number of rotatable bonds is 5. The standard InChI is InChI=1S/C18H16N2O4/c1-2-23-18(22)16(12-6-4-3-5-7-12)20-17(21)13-8-9-15-14(10-13)19-11-24-15/h3-11,16H,2H2,1H3,(H,20,21). The molecule has 1 heterocycles. The summed E-state index contributed by atoms with van der Waals surface area (Å²) in [5.41, 5.74) is 2.22. The Morgan fingerprint density at radius 3 is 2.75 bits per heavy atom. The molecule has 0 saturated heterocycles. The number of ether oxygens (including phenoxy) is 1. The summed E-state index contributed by atoms with van der Waals surface area (Å²) in [6.45, 7) is 1.96. The van der Waals surface area contributed by atoms with E-state index in [2.05, 4.69) is 10.3 Å². The van der Waals surface area contributed by atoms with Crippen molar-refractivity contribution in [2.24, 2.45) is 0 Å². The summed E-state index contributed by atoms with van der Waals surface area (Å²) in [4.78, 5) is 28.8. The molecule has 24 heavy (non-hydrogen) atoms. The Labute approximate surface area is 138 Å². The zero-order valence-electron chi connectivity index (χ0n) is 13.1. The fourth-order valence-electron chi connectivity index (χ4n) is 2.36. The maximum atomic E-state index is 12.5. The van der Waals surface area contributed by atoms with Gasteiger partial charge in [-0.2, -0.15) is 0 Å². The highest BCUT2D eigenvalue weighted by molar-refractivity contribution is 5.99. The summed E-state index contributed by atoms with van der Waals surface area (Å²) in [6, 6.07) is 13.0. The number of hydrogen-bond acceptors (Lipinski definition) is 5. The molecular weight excluding hydrogens is 308 g/mol. The molecule has 1 atom stereocenters. The average molecular weight is 324 g/mol. The second kappa shape index (κ2) is 6.95. The molecule has 0 aliphatic heterocycles. The number of nitrogens with one attached hydrogen (secondary N) is 1. The summed E-state index contributed by atoms with van der Waals surface area (Å²) in [5.74, 6) is -0.888. The zero-order chi connectivity index (χ0) is 16.9. The lowest BCUT2D eigenvalue weighted by atomic mass is 10.1. The molecule has 6 nitrogen and oxygen atoms in total. The smallest absolute Gasteiger partial charge is 0.333 e. The second-order valence-corrected chi connectivity index (χ2v) is 5.10. The normalized spacial score (nSPS) is 11.9. The molecule has 0 fully saturated rings. The molecule has 2 aromatic carbocycles. The van der Waals surface area contributed by atoms with Crippen LogP contribution in [0.25, 0.3) is 11.1 Å². The van der Waals surface area contributed by atoms with Gasteiger partial charge in [0.1, 0.15) is 5.52 Å².